The van der Waals surface area contributed by atoms with Crippen molar-refractivity contribution in [2.45, 2.75) is 71.4 Å². The summed E-state index contributed by atoms with van der Waals surface area (Å²) in [5.41, 5.74) is 6.55. The first-order chi connectivity index (χ1) is 12.4. The number of hydrogen-bond acceptors (Lipinski definition) is 4. The van der Waals surface area contributed by atoms with E-state index in [1.54, 1.807) is 0 Å². The standard InChI is InChI=1S/C21H33FN2O2/c1-20-7-5-14(24-26-10-9-23)11-13(20)3-4-15-16(20)6-8-21(2)17(15)12-18(22)19(21)25/h13,15-18H,3-12,23H2,1-2H3/t13?,15?,16?,17?,18?,20-,21-/m0/s1. The molecular formula is C21H33FN2O2. The molecule has 4 aliphatic carbocycles. The van der Waals surface area contributed by atoms with Gasteiger partial charge in [0.15, 0.2) is 12.0 Å². The normalized spacial score (nSPS) is 49.5. The van der Waals surface area contributed by atoms with Crippen molar-refractivity contribution in [3.63, 3.8) is 0 Å². The molecule has 0 aromatic carbocycles. The molecule has 0 bridgehead atoms. The van der Waals surface area contributed by atoms with Crippen LogP contribution in [0.3, 0.4) is 0 Å². The number of alkyl halides is 1. The van der Waals surface area contributed by atoms with Crippen molar-refractivity contribution >= 4 is 11.5 Å². The van der Waals surface area contributed by atoms with Crippen molar-refractivity contribution in [2.24, 2.45) is 45.4 Å². The monoisotopic (exact) mass is 364 g/mol. The van der Waals surface area contributed by atoms with E-state index < -0.39 is 11.6 Å². The Morgan fingerprint density at radius 2 is 2.04 bits per heavy atom. The van der Waals surface area contributed by atoms with Crippen molar-refractivity contribution in [2.75, 3.05) is 13.2 Å². The highest BCUT2D eigenvalue weighted by atomic mass is 19.1. The zero-order chi connectivity index (χ0) is 18.5. The number of rotatable bonds is 3. The minimum Gasteiger partial charge on any atom is -0.395 e. The fraction of sp³-hybridized carbons (Fsp3) is 0.905. The van der Waals surface area contributed by atoms with Gasteiger partial charge < -0.3 is 10.6 Å². The average molecular weight is 365 g/mol. The lowest BCUT2D eigenvalue weighted by Crippen LogP contribution is -2.53. The molecule has 4 fully saturated rings. The molecule has 4 rings (SSSR count). The van der Waals surface area contributed by atoms with Gasteiger partial charge in [0.1, 0.15) is 6.61 Å². The van der Waals surface area contributed by atoms with Crippen LogP contribution in [-0.4, -0.2) is 30.8 Å². The van der Waals surface area contributed by atoms with Gasteiger partial charge in [-0.15, -0.1) is 0 Å². The number of carbonyl (C=O) groups is 1. The lowest BCUT2D eigenvalue weighted by Gasteiger charge is -2.59. The molecule has 2 N–H and O–H groups in total. The Labute approximate surface area is 156 Å². The number of halogens is 1. The van der Waals surface area contributed by atoms with Gasteiger partial charge in [0.05, 0.1) is 5.71 Å². The largest absolute Gasteiger partial charge is 0.395 e. The maximum atomic E-state index is 14.3. The molecule has 7 atom stereocenters. The van der Waals surface area contributed by atoms with E-state index in [4.69, 9.17) is 10.6 Å². The van der Waals surface area contributed by atoms with Gasteiger partial charge in [-0.1, -0.05) is 19.0 Å². The van der Waals surface area contributed by atoms with Crippen LogP contribution in [0.5, 0.6) is 0 Å². The molecule has 4 aliphatic rings. The highest BCUT2D eigenvalue weighted by Gasteiger charge is 2.62. The third-order valence-corrected chi connectivity index (χ3v) is 8.60. The van der Waals surface area contributed by atoms with Crippen LogP contribution < -0.4 is 5.73 Å². The van der Waals surface area contributed by atoms with Crippen molar-refractivity contribution in [3.8, 4) is 0 Å². The molecule has 0 aromatic rings. The quantitative estimate of drug-likeness (QED) is 0.610. The first-order valence-electron chi connectivity index (χ1n) is 10.5. The SMILES string of the molecule is C[C@]12CCC(=NOCCN)CC1CCC1C2CC[C@]2(C)C(=O)C(F)CC12. The molecule has 0 spiro atoms. The number of nitrogens with two attached hydrogens (primary N) is 1. The van der Waals surface area contributed by atoms with Gasteiger partial charge in [0.2, 0.25) is 0 Å². The fourth-order valence-electron chi connectivity index (χ4n) is 7.08. The Balaban J connectivity index is 1.52. The molecule has 4 nitrogen and oxygen atoms in total. The van der Waals surface area contributed by atoms with E-state index in [-0.39, 0.29) is 11.7 Å². The number of Topliss-reactive ketones (excluding diaryl/α,β-unsaturated/α-hetero) is 1. The van der Waals surface area contributed by atoms with Crippen LogP contribution in [0.2, 0.25) is 0 Å². The summed E-state index contributed by atoms with van der Waals surface area (Å²) in [5.74, 6) is 1.93. The van der Waals surface area contributed by atoms with Crippen LogP contribution in [0.1, 0.15) is 65.2 Å². The minimum atomic E-state index is -1.22. The van der Waals surface area contributed by atoms with E-state index in [1.165, 1.54) is 12.1 Å². The highest BCUT2D eigenvalue weighted by Crippen LogP contribution is 2.65. The highest BCUT2D eigenvalue weighted by molar-refractivity contribution is 5.91. The molecule has 0 aromatic heterocycles. The van der Waals surface area contributed by atoms with Crippen LogP contribution in [0.15, 0.2) is 5.16 Å². The van der Waals surface area contributed by atoms with Crippen LogP contribution >= 0.6 is 0 Å². The first-order valence-corrected chi connectivity index (χ1v) is 10.5. The summed E-state index contributed by atoms with van der Waals surface area (Å²) in [4.78, 5) is 17.8. The summed E-state index contributed by atoms with van der Waals surface area (Å²) >= 11 is 0. The summed E-state index contributed by atoms with van der Waals surface area (Å²) in [6.07, 6.45) is 6.67. The summed E-state index contributed by atoms with van der Waals surface area (Å²) in [7, 11) is 0. The zero-order valence-corrected chi connectivity index (χ0v) is 16.2. The first kappa shape index (κ1) is 18.4. The van der Waals surface area contributed by atoms with E-state index in [9.17, 15) is 9.18 Å². The number of fused-ring (bicyclic) bond motifs is 5. The van der Waals surface area contributed by atoms with Crippen LogP contribution in [0.25, 0.3) is 0 Å². The molecular weight excluding hydrogens is 331 g/mol. The topological polar surface area (TPSA) is 64.7 Å². The Morgan fingerprint density at radius 1 is 1.23 bits per heavy atom. The zero-order valence-electron chi connectivity index (χ0n) is 16.2. The summed E-state index contributed by atoms with van der Waals surface area (Å²) in [6.45, 7) is 5.48. The summed E-state index contributed by atoms with van der Waals surface area (Å²) in [6, 6.07) is 0. The molecule has 0 heterocycles. The van der Waals surface area contributed by atoms with Crippen molar-refractivity contribution in [1.82, 2.24) is 0 Å². The molecule has 26 heavy (non-hydrogen) atoms. The van der Waals surface area contributed by atoms with Crippen LogP contribution in [0, 0.1) is 34.5 Å². The second-order valence-electron chi connectivity index (χ2n) is 9.66. The van der Waals surface area contributed by atoms with E-state index in [2.05, 4.69) is 12.1 Å². The number of nitrogens with zero attached hydrogens (tertiary/aromatic N) is 1. The predicted octanol–water partition coefficient (Wildman–Crippen LogP) is 3.88. The van der Waals surface area contributed by atoms with Gasteiger partial charge in [0, 0.05) is 12.0 Å². The lowest BCUT2D eigenvalue weighted by atomic mass is 9.45. The van der Waals surface area contributed by atoms with E-state index in [0.717, 1.165) is 38.5 Å². The van der Waals surface area contributed by atoms with Crippen LogP contribution in [-0.2, 0) is 9.63 Å². The Kier molecular flexibility index (Phi) is 4.65. The van der Waals surface area contributed by atoms with E-state index >= 15 is 0 Å². The summed E-state index contributed by atoms with van der Waals surface area (Å²) < 4.78 is 14.3. The van der Waals surface area contributed by atoms with Gasteiger partial charge in [0.25, 0.3) is 0 Å². The van der Waals surface area contributed by atoms with Crippen molar-refractivity contribution in [1.29, 1.82) is 0 Å². The van der Waals surface area contributed by atoms with Gasteiger partial charge in [-0.25, -0.2) is 4.39 Å². The second-order valence-corrected chi connectivity index (χ2v) is 9.66. The predicted molar refractivity (Wildman–Crippen MR) is 99.5 cm³/mol. The maximum absolute atomic E-state index is 14.3. The smallest absolute Gasteiger partial charge is 0.173 e. The average Bonchev–Trinajstić information content (AvgIpc) is 2.86. The second kappa shape index (κ2) is 6.57. The van der Waals surface area contributed by atoms with Crippen molar-refractivity contribution < 1.29 is 14.0 Å². The number of oxime groups is 1. The minimum absolute atomic E-state index is 0.108. The Bertz CT molecular complexity index is 609. The van der Waals surface area contributed by atoms with Gasteiger partial charge in [-0.05, 0) is 80.5 Å². The number of hydrogen-bond donors (Lipinski definition) is 1. The molecule has 0 aliphatic heterocycles. The Hall–Kier alpha value is -0.970. The molecule has 5 heteroatoms. The van der Waals surface area contributed by atoms with E-state index in [0.29, 0.717) is 42.7 Å². The summed E-state index contributed by atoms with van der Waals surface area (Å²) in [5, 5.41) is 4.33. The lowest BCUT2D eigenvalue weighted by molar-refractivity contribution is -0.138. The fourth-order valence-corrected chi connectivity index (χ4v) is 7.08. The molecule has 146 valence electrons. The van der Waals surface area contributed by atoms with Crippen molar-refractivity contribution in [3.05, 3.63) is 0 Å². The van der Waals surface area contributed by atoms with Gasteiger partial charge >= 0.3 is 0 Å². The molecule has 0 radical (unpaired) electrons. The molecule has 0 saturated heterocycles. The van der Waals surface area contributed by atoms with E-state index in [1.807, 2.05) is 6.92 Å². The maximum Gasteiger partial charge on any atom is 0.173 e. The van der Waals surface area contributed by atoms with Gasteiger partial charge in [-0.2, -0.15) is 0 Å². The van der Waals surface area contributed by atoms with Crippen LogP contribution in [0.4, 0.5) is 4.39 Å². The molecule has 4 saturated carbocycles. The molecule has 5 unspecified atom stereocenters. The number of ketones is 1. The third kappa shape index (κ3) is 2.64. The third-order valence-electron chi connectivity index (χ3n) is 8.60. The Morgan fingerprint density at radius 3 is 2.81 bits per heavy atom. The molecule has 0 amide bonds. The number of carbonyl (C=O) groups excluding carboxylic acids is 1. The van der Waals surface area contributed by atoms with Gasteiger partial charge in [-0.3, -0.25) is 4.79 Å².